The fourth-order valence-corrected chi connectivity index (χ4v) is 5.05. The van der Waals surface area contributed by atoms with E-state index in [2.05, 4.69) is 39.9 Å². The van der Waals surface area contributed by atoms with Gasteiger partial charge >= 0.3 is 0 Å². The van der Waals surface area contributed by atoms with Gasteiger partial charge in [0.25, 0.3) is 5.91 Å². The number of pyridine rings is 1. The van der Waals surface area contributed by atoms with Crippen molar-refractivity contribution in [1.82, 2.24) is 15.2 Å². The Morgan fingerprint density at radius 2 is 2.00 bits per heavy atom. The fourth-order valence-electron chi connectivity index (χ4n) is 4.33. The SMILES string of the molecule is CNC(=O)[C@@]1(Cc2cccc(-c3cccs3)c2)CCCN(C(=O)c2ccncc2)C1. The summed E-state index contributed by atoms with van der Waals surface area (Å²) in [6.07, 6.45) is 5.41. The molecule has 1 saturated heterocycles. The van der Waals surface area contributed by atoms with Crippen molar-refractivity contribution in [2.45, 2.75) is 19.3 Å². The Bertz CT molecular complexity index is 1020. The summed E-state index contributed by atoms with van der Waals surface area (Å²) >= 11 is 1.71. The van der Waals surface area contributed by atoms with Crippen molar-refractivity contribution in [2.24, 2.45) is 5.41 Å². The minimum Gasteiger partial charge on any atom is -0.359 e. The Balaban J connectivity index is 1.61. The number of amides is 2. The molecule has 154 valence electrons. The zero-order valence-corrected chi connectivity index (χ0v) is 17.8. The van der Waals surface area contributed by atoms with E-state index in [1.807, 2.05) is 17.0 Å². The smallest absolute Gasteiger partial charge is 0.253 e. The van der Waals surface area contributed by atoms with Crippen LogP contribution in [0.15, 0.2) is 66.3 Å². The molecule has 4 rings (SSSR count). The lowest BCUT2D eigenvalue weighted by atomic mass is 9.74. The lowest BCUT2D eigenvalue weighted by Crippen LogP contribution is -2.54. The first-order valence-electron chi connectivity index (χ1n) is 10.2. The molecule has 2 amide bonds. The summed E-state index contributed by atoms with van der Waals surface area (Å²) in [6, 6.07) is 16.0. The van der Waals surface area contributed by atoms with Crippen LogP contribution in [0.3, 0.4) is 0 Å². The van der Waals surface area contributed by atoms with E-state index >= 15 is 0 Å². The van der Waals surface area contributed by atoms with Gasteiger partial charge in [0.2, 0.25) is 5.91 Å². The number of hydrogen-bond donors (Lipinski definition) is 1. The van der Waals surface area contributed by atoms with Gasteiger partial charge < -0.3 is 10.2 Å². The monoisotopic (exact) mass is 419 g/mol. The van der Waals surface area contributed by atoms with Crippen molar-refractivity contribution in [2.75, 3.05) is 20.1 Å². The average molecular weight is 420 g/mol. The molecule has 3 heterocycles. The summed E-state index contributed by atoms with van der Waals surface area (Å²) in [6.45, 7) is 1.08. The molecule has 0 aliphatic carbocycles. The van der Waals surface area contributed by atoms with E-state index in [1.165, 1.54) is 4.88 Å². The van der Waals surface area contributed by atoms with Crippen LogP contribution in [0.25, 0.3) is 10.4 Å². The molecule has 1 N–H and O–H groups in total. The van der Waals surface area contributed by atoms with Crippen LogP contribution in [0.4, 0.5) is 0 Å². The minimum absolute atomic E-state index is 0.00347. The zero-order chi connectivity index (χ0) is 21.0. The first-order chi connectivity index (χ1) is 14.6. The molecule has 30 heavy (non-hydrogen) atoms. The van der Waals surface area contributed by atoms with Gasteiger partial charge in [-0.15, -0.1) is 11.3 Å². The van der Waals surface area contributed by atoms with Crippen molar-refractivity contribution in [3.05, 3.63) is 77.4 Å². The van der Waals surface area contributed by atoms with Gasteiger partial charge in [-0.1, -0.05) is 30.3 Å². The largest absolute Gasteiger partial charge is 0.359 e. The van der Waals surface area contributed by atoms with Crippen LogP contribution in [-0.4, -0.2) is 41.8 Å². The van der Waals surface area contributed by atoms with Gasteiger partial charge in [-0.25, -0.2) is 0 Å². The molecule has 0 spiro atoms. The standard InChI is InChI=1S/C24H25N3O2S/c1-25-23(29)24(16-18-5-2-6-20(15-18)21-7-3-14-30-21)10-4-13-27(17-24)22(28)19-8-11-26-12-9-19/h2-3,5-9,11-12,14-15H,4,10,13,16-17H2,1H3,(H,25,29)/t24-/m1/s1. The third-order valence-corrected chi connectivity index (χ3v) is 6.69. The molecule has 1 fully saturated rings. The zero-order valence-electron chi connectivity index (χ0n) is 17.0. The topological polar surface area (TPSA) is 62.3 Å². The number of likely N-dealkylation sites (tertiary alicyclic amines) is 1. The number of hydrogen-bond acceptors (Lipinski definition) is 4. The van der Waals surface area contributed by atoms with E-state index in [0.717, 1.165) is 24.0 Å². The van der Waals surface area contributed by atoms with E-state index in [4.69, 9.17) is 0 Å². The van der Waals surface area contributed by atoms with Crippen molar-refractivity contribution in [3.63, 3.8) is 0 Å². The number of nitrogens with zero attached hydrogens (tertiary/aromatic N) is 2. The van der Waals surface area contributed by atoms with Crippen molar-refractivity contribution in [3.8, 4) is 10.4 Å². The number of carbonyl (C=O) groups is 2. The van der Waals surface area contributed by atoms with E-state index in [0.29, 0.717) is 25.1 Å². The van der Waals surface area contributed by atoms with Gasteiger partial charge in [0.05, 0.1) is 5.41 Å². The van der Waals surface area contributed by atoms with Gasteiger partial charge in [0, 0.05) is 43.0 Å². The molecule has 0 unspecified atom stereocenters. The quantitative estimate of drug-likeness (QED) is 0.679. The molecule has 6 heteroatoms. The second-order valence-corrected chi connectivity index (χ2v) is 8.73. The van der Waals surface area contributed by atoms with Crippen LogP contribution >= 0.6 is 11.3 Å². The molecular weight excluding hydrogens is 394 g/mol. The van der Waals surface area contributed by atoms with Crippen LogP contribution in [0, 0.1) is 5.41 Å². The van der Waals surface area contributed by atoms with Crippen molar-refractivity contribution >= 4 is 23.2 Å². The summed E-state index contributed by atoms with van der Waals surface area (Å²) < 4.78 is 0. The number of thiophene rings is 1. The van der Waals surface area contributed by atoms with Crippen LogP contribution in [0.5, 0.6) is 0 Å². The molecule has 0 saturated carbocycles. The van der Waals surface area contributed by atoms with Crippen molar-refractivity contribution in [1.29, 1.82) is 0 Å². The Morgan fingerprint density at radius 1 is 1.17 bits per heavy atom. The normalized spacial score (nSPS) is 18.8. The second kappa shape index (κ2) is 8.79. The van der Waals surface area contributed by atoms with Crippen LogP contribution in [0.1, 0.15) is 28.8 Å². The number of nitrogens with one attached hydrogen (secondary N) is 1. The maximum absolute atomic E-state index is 13.1. The van der Waals surface area contributed by atoms with Gasteiger partial charge in [-0.05, 0) is 54.0 Å². The van der Waals surface area contributed by atoms with Crippen LogP contribution in [0.2, 0.25) is 0 Å². The summed E-state index contributed by atoms with van der Waals surface area (Å²) in [4.78, 5) is 33.1. The van der Waals surface area contributed by atoms with Gasteiger partial charge in [-0.2, -0.15) is 0 Å². The highest BCUT2D eigenvalue weighted by atomic mass is 32.1. The fraction of sp³-hybridized carbons (Fsp3) is 0.292. The van der Waals surface area contributed by atoms with Gasteiger partial charge in [-0.3, -0.25) is 14.6 Å². The average Bonchev–Trinajstić information content (AvgIpc) is 3.34. The summed E-state index contributed by atoms with van der Waals surface area (Å²) in [5.41, 5.74) is 2.25. The molecule has 5 nitrogen and oxygen atoms in total. The van der Waals surface area contributed by atoms with Crippen molar-refractivity contribution < 1.29 is 9.59 Å². The second-order valence-electron chi connectivity index (χ2n) is 7.78. The Morgan fingerprint density at radius 3 is 2.73 bits per heavy atom. The van der Waals surface area contributed by atoms with E-state index in [-0.39, 0.29) is 11.8 Å². The highest BCUT2D eigenvalue weighted by molar-refractivity contribution is 7.13. The van der Waals surface area contributed by atoms with E-state index in [9.17, 15) is 9.59 Å². The number of rotatable bonds is 5. The Hall–Kier alpha value is -2.99. The highest BCUT2D eigenvalue weighted by Crippen LogP contribution is 2.36. The molecule has 1 aliphatic rings. The molecule has 0 radical (unpaired) electrons. The predicted molar refractivity (Wildman–Crippen MR) is 119 cm³/mol. The van der Waals surface area contributed by atoms with E-state index in [1.54, 1.807) is 42.9 Å². The first kappa shape index (κ1) is 20.3. The lowest BCUT2D eigenvalue weighted by molar-refractivity contribution is -0.133. The van der Waals surface area contributed by atoms with Gasteiger partial charge in [0.1, 0.15) is 0 Å². The van der Waals surface area contributed by atoms with Crippen LogP contribution < -0.4 is 5.32 Å². The van der Waals surface area contributed by atoms with E-state index < -0.39 is 5.41 Å². The highest BCUT2D eigenvalue weighted by Gasteiger charge is 2.43. The summed E-state index contributed by atoms with van der Waals surface area (Å²) in [5, 5.41) is 4.92. The number of carbonyl (C=O) groups excluding carboxylic acids is 2. The molecular formula is C24H25N3O2S. The minimum atomic E-state index is -0.635. The number of piperidine rings is 1. The molecule has 1 aromatic carbocycles. The molecule has 0 bridgehead atoms. The number of aromatic nitrogens is 1. The maximum atomic E-state index is 13.1. The summed E-state index contributed by atoms with van der Waals surface area (Å²) in [5.74, 6) is -0.0473. The Labute approximate surface area is 180 Å². The number of benzene rings is 1. The lowest BCUT2D eigenvalue weighted by Gasteiger charge is -2.41. The molecule has 1 aliphatic heterocycles. The molecule has 2 aromatic heterocycles. The summed E-state index contributed by atoms with van der Waals surface area (Å²) in [7, 11) is 1.68. The Kier molecular flexibility index (Phi) is 5.95. The first-order valence-corrected chi connectivity index (χ1v) is 11.0. The maximum Gasteiger partial charge on any atom is 0.253 e. The third-order valence-electron chi connectivity index (χ3n) is 5.78. The molecule has 1 atom stereocenters. The van der Waals surface area contributed by atoms with Crippen LogP contribution in [-0.2, 0) is 11.2 Å². The predicted octanol–water partition coefficient (Wildman–Crippen LogP) is 4.02. The van der Waals surface area contributed by atoms with Gasteiger partial charge in [0.15, 0.2) is 0 Å². The molecule has 3 aromatic rings. The third kappa shape index (κ3) is 4.14.